The molecule has 92 valence electrons. The summed E-state index contributed by atoms with van der Waals surface area (Å²) in [6.07, 6.45) is 1.55. The fourth-order valence-corrected chi connectivity index (χ4v) is 1.32. The Morgan fingerprint density at radius 1 is 1.29 bits per heavy atom. The third-order valence-corrected chi connectivity index (χ3v) is 2.14. The van der Waals surface area contributed by atoms with E-state index >= 15 is 0 Å². The summed E-state index contributed by atoms with van der Waals surface area (Å²) in [6.45, 7) is 0. The average Bonchev–Trinajstić information content (AvgIpc) is 2.24. The zero-order chi connectivity index (χ0) is 12.9. The Labute approximate surface area is 97.6 Å². The topological polar surface area (TPSA) is 35.2 Å². The van der Waals surface area contributed by atoms with Gasteiger partial charge in [0, 0.05) is 12.5 Å². The highest BCUT2D eigenvalue weighted by Gasteiger charge is 2.30. The number of alkyl halides is 3. The number of terminal acetylenes is 1. The van der Waals surface area contributed by atoms with Gasteiger partial charge < -0.3 is 10.5 Å². The summed E-state index contributed by atoms with van der Waals surface area (Å²) < 4.78 is 39.4. The first-order valence-electron chi connectivity index (χ1n) is 4.97. The number of halogens is 3. The minimum atomic E-state index is -4.67. The van der Waals surface area contributed by atoms with E-state index in [1.165, 1.54) is 24.3 Å². The first-order chi connectivity index (χ1) is 7.92. The van der Waals surface area contributed by atoms with E-state index in [0.29, 0.717) is 12.8 Å². The molecule has 1 unspecified atom stereocenters. The lowest BCUT2D eigenvalue weighted by atomic mass is 10.0. The molecule has 17 heavy (non-hydrogen) atoms. The zero-order valence-corrected chi connectivity index (χ0v) is 9.00. The second kappa shape index (κ2) is 5.60. The molecule has 0 amide bonds. The van der Waals surface area contributed by atoms with Crippen LogP contribution in [0.4, 0.5) is 13.2 Å². The molecule has 1 aromatic rings. The molecule has 1 rings (SSSR count). The molecule has 1 atom stereocenters. The van der Waals surface area contributed by atoms with Crippen molar-refractivity contribution < 1.29 is 17.9 Å². The van der Waals surface area contributed by atoms with Crippen LogP contribution in [0.1, 0.15) is 24.4 Å². The van der Waals surface area contributed by atoms with E-state index < -0.39 is 6.36 Å². The van der Waals surface area contributed by atoms with Crippen molar-refractivity contribution in [3.63, 3.8) is 0 Å². The van der Waals surface area contributed by atoms with E-state index in [0.717, 1.165) is 5.56 Å². The van der Waals surface area contributed by atoms with Gasteiger partial charge in [-0.15, -0.1) is 25.5 Å². The molecule has 2 N–H and O–H groups in total. The smallest absolute Gasteiger partial charge is 0.406 e. The van der Waals surface area contributed by atoms with Gasteiger partial charge in [0.15, 0.2) is 0 Å². The summed E-state index contributed by atoms with van der Waals surface area (Å²) >= 11 is 0. The highest BCUT2D eigenvalue weighted by Crippen LogP contribution is 2.24. The van der Waals surface area contributed by atoms with Crippen molar-refractivity contribution in [3.8, 4) is 18.1 Å². The van der Waals surface area contributed by atoms with Gasteiger partial charge in [0.05, 0.1) is 0 Å². The Bertz CT molecular complexity index is 392. The molecule has 0 spiro atoms. The van der Waals surface area contributed by atoms with Crippen LogP contribution in [0.5, 0.6) is 5.75 Å². The van der Waals surface area contributed by atoms with E-state index in [2.05, 4.69) is 10.7 Å². The number of hydrogen-bond acceptors (Lipinski definition) is 2. The van der Waals surface area contributed by atoms with E-state index in [9.17, 15) is 13.2 Å². The fraction of sp³-hybridized carbons (Fsp3) is 0.333. The molecule has 2 nitrogen and oxygen atoms in total. The number of ether oxygens (including phenoxy) is 1. The van der Waals surface area contributed by atoms with Gasteiger partial charge >= 0.3 is 6.36 Å². The molecule has 5 heteroatoms. The Kier molecular flexibility index (Phi) is 4.41. The third-order valence-electron chi connectivity index (χ3n) is 2.14. The van der Waals surface area contributed by atoms with Gasteiger partial charge in [0.1, 0.15) is 5.75 Å². The van der Waals surface area contributed by atoms with Gasteiger partial charge in [-0.2, -0.15) is 0 Å². The number of rotatable bonds is 4. The maximum Gasteiger partial charge on any atom is 0.573 e. The lowest BCUT2D eigenvalue weighted by molar-refractivity contribution is -0.274. The second-order valence-corrected chi connectivity index (χ2v) is 3.47. The summed E-state index contributed by atoms with van der Waals surface area (Å²) in [5.41, 5.74) is 6.53. The summed E-state index contributed by atoms with van der Waals surface area (Å²) in [5, 5.41) is 0. The van der Waals surface area contributed by atoms with Gasteiger partial charge in [-0.05, 0) is 24.1 Å². The molecule has 0 bridgehead atoms. The highest BCUT2D eigenvalue weighted by molar-refractivity contribution is 5.29. The van der Waals surface area contributed by atoms with Gasteiger partial charge in [-0.1, -0.05) is 12.1 Å². The summed E-state index contributed by atoms with van der Waals surface area (Å²) in [6, 6.07) is 5.20. The summed E-state index contributed by atoms with van der Waals surface area (Å²) in [7, 11) is 0. The van der Waals surface area contributed by atoms with E-state index in [-0.39, 0.29) is 11.8 Å². The lowest BCUT2D eigenvalue weighted by Gasteiger charge is -2.12. The molecule has 1 aromatic carbocycles. The van der Waals surface area contributed by atoms with Crippen molar-refractivity contribution >= 4 is 0 Å². The Balaban J connectivity index is 2.65. The third kappa shape index (κ3) is 4.79. The first-order valence-corrected chi connectivity index (χ1v) is 4.97. The maximum absolute atomic E-state index is 11.9. The zero-order valence-electron chi connectivity index (χ0n) is 9.00. The molecule has 0 saturated carbocycles. The SMILES string of the molecule is C#CCCC(N)c1ccc(OC(F)(F)F)cc1. The van der Waals surface area contributed by atoms with Gasteiger partial charge in [0.25, 0.3) is 0 Å². The first kappa shape index (κ1) is 13.4. The molecule has 0 aliphatic rings. The lowest BCUT2D eigenvalue weighted by Crippen LogP contribution is -2.17. The largest absolute Gasteiger partial charge is 0.573 e. The predicted octanol–water partition coefficient (Wildman–Crippen LogP) is 3.00. The quantitative estimate of drug-likeness (QED) is 0.825. The number of hydrogen-bond donors (Lipinski definition) is 1. The molecule has 0 fully saturated rings. The van der Waals surface area contributed by atoms with Crippen LogP contribution in [0, 0.1) is 12.3 Å². The molecule has 0 aromatic heterocycles. The maximum atomic E-state index is 11.9. The van der Waals surface area contributed by atoms with Crippen LogP contribution >= 0.6 is 0 Å². The van der Waals surface area contributed by atoms with Crippen LogP contribution in [-0.2, 0) is 0 Å². The molecule has 0 radical (unpaired) electrons. The molecular formula is C12H12F3NO. The summed E-state index contributed by atoms with van der Waals surface area (Å²) in [5.74, 6) is 2.20. The standard InChI is InChI=1S/C12H12F3NO/c1-2-3-4-11(16)9-5-7-10(8-6-9)17-12(13,14)15/h1,5-8,11H,3-4,16H2. The van der Waals surface area contributed by atoms with Crippen LogP contribution in [0.3, 0.4) is 0 Å². The van der Waals surface area contributed by atoms with Crippen LogP contribution < -0.4 is 10.5 Å². The molecule has 0 aliphatic heterocycles. The van der Waals surface area contributed by atoms with E-state index in [1.807, 2.05) is 0 Å². The Morgan fingerprint density at radius 2 is 1.88 bits per heavy atom. The Morgan fingerprint density at radius 3 is 2.35 bits per heavy atom. The van der Waals surface area contributed by atoms with Crippen molar-refractivity contribution in [1.82, 2.24) is 0 Å². The molecule has 0 heterocycles. The van der Waals surface area contributed by atoms with Crippen molar-refractivity contribution in [3.05, 3.63) is 29.8 Å². The fourth-order valence-electron chi connectivity index (χ4n) is 1.32. The van der Waals surface area contributed by atoms with Gasteiger partial charge in [0.2, 0.25) is 0 Å². The van der Waals surface area contributed by atoms with Gasteiger partial charge in [-0.25, -0.2) is 0 Å². The summed E-state index contributed by atoms with van der Waals surface area (Å²) in [4.78, 5) is 0. The van der Waals surface area contributed by atoms with Gasteiger partial charge in [-0.3, -0.25) is 0 Å². The highest BCUT2D eigenvalue weighted by atomic mass is 19.4. The molecule has 0 aliphatic carbocycles. The van der Waals surface area contributed by atoms with Crippen LogP contribution in [-0.4, -0.2) is 6.36 Å². The van der Waals surface area contributed by atoms with Crippen molar-refractivity contribution in [2.24, 2.45) is 5.73 Å². The molecule has 0 saturated heterocycles. The number of nitrogens with two attached hydrogens (primary N) is 1. The van der Waals surface area contributed by atoms with Crippen molar-refractivity contribution in [2.45, 2.75) is 25.2 Å². The second-order valence-electron chi connectivity index (χ2n) is 3.47. The van der Waals surface area contributed by atoms with Crippen LogP contribution in [0.15, 0.2) is 24.3 Å². The number of benzene rings is 1. The van der Waals surface area contributed by atoms with E-state index in [4.69, 9.17) is 12.2 Å². The molecular weight excluding hydrogens is 231 g/mol. The van der Waals surface area contributed by atoms with Crippen LogP contribution in [0.2, 0.25) is 0 Å². The minimum Gasteiger partial charge on any atom is -0.406 e. The van der Waals surface area contributed by atoms with Crippen molar-refractivity contribution in [2.75, 3.05) is 0 Å². The monoisotopic (exact) mass is 243 g/mol. The van der Waals surface area contributed by atoms with Crippen molar-refractivity contribution in [1.29, 1.82) is 0 Å². The Hall–Kier alpha value is -1.67. The minimum absolute atomic E-state index is 0.259. The predicted molar refractivity (Wildman–Crippen MR) is 58.1 cm³/mol. The van der Waals surface area contributed by atoms with Crippen LogP contribution in [0.25, 0.3) is 0 Å². The normalized spacial score (nSPS) is 12.9. The average molecular weight is 243 g/mol. The van der Waals surface area contributed by atoms with E-state index in [1.54, 1.807) is 0 Å².